The van der Waals surface area contributed by atoms with Crippen molar-refractivity contribution in [1.29, 1.82) is 0 Å². The van der Waals surface area contributed by atoms with E-state index in [0.717, 1.165) is 5.39 Å². The van der Waals surface area contributed by atoms with Gasteiger partial charge in [-0.2, -0.15) is 10.2 Å². The van der Waals surface area contributed by atoms with E-state index in [1.807, 2.05) is 0 Å². The summed E-state index contributed by atoms with van der Waals surface area (Å²) < 4.78 is 32.0. The minimum atomic E-state index is -2.69. The average molecular weight is 371 g/mol. The maximum atomic E-state index is 13.1. The first-order valence-electron chi connectivity index (χ1n) is 8.38. The Morgan fingerprint density at radius 1 is 1.15 bits per heavy atom. The highest BCUT2D eigenvalue weighted by atomic mass is 19.3. The lowest BCUT2D eigenvalue weighted by atomic mass is 9.79. The van der Waals surface area contributed by atoms with Crippen LogP contribution in [0.1, 0.15) is 12.8 Å². The molecule has 4 N–H and O–H groups in total. The number of nitrogens with zero attached hydrogens (tertiary/aromatic N) is 2. The summed E-state index contributed by atoms with van der Waals surface area (Å²) in [5.74, 6) is -2.31. The lowest BCUT2D eigenvalue weighted by Crippen LogP contribution is -2.43. The van der Waals surface area contributed by atoms with Crippen LogP contribution in [-0.2, 0) is 0 Å². The number of rotatable bonds is 4. The molecule has 0 atom stereocenters. The Bertz CT molecular complexity index is 1010. The summed E-state index contributed by atoms with van der Waals surface area (Å²) in [6.45, 7) is 0. The number of alkyl halides is 2. The number of nitrogen functional groups attached to an aromatic ring is 1. The SMILES string of the molecule is Nc1cnnc2cc(-c3cc(B(O)O)ccc3OC3CC(F)(F)C3)ccc12. The molecule has 1 fully saturated rings. The third-order valence-electron chi connectivity index (χ3n) is 4.63. The van der Waals surface area contributed by atoms with Gasteiger partial charge in [0.05, 0.1) is 17.4 Å². The maximum absolute atomic E-state index is 13.1. The Kier molecular flexibility index (Phi) is 4.20. The highest BCUT2D eigenvalue weighted by Crippen LogP contribution is 2.41. The van der Waals surface area contributed by atoms with Crippen molar-refractivity contribution >= 4 is 29.2 Å². The van der Waals surface area contributed by atoms with Crippen LogP contribution >= 0.6 is 0 Å². The van der Waals surface area contributed by atoms with Crippen molar-refractivity contribution in [3.05, 3.63) is 42.6 Å². The van der Waals surface area contributed by atoms with Crippen molar-refractivity contribution in [3.63, 3.8) is 0 Å². The molecule has 2 aromatic carbocycles. The first-order chi connectivity index (χ1) is 12.8. The molecule has 27 heavy (non-hydrogen) atoms. The second kappa shape index (κ2) is 6.43. The molecule has 1 aromatic heterocycles. The van der Waals surface area contributed by atoms with Crippen molar-refractivity contribution < 1.29 is 23.6 Å². The minimum absolute atomic E-state index is 0.259. The van der Waals surface area contributed by atoms with Crippen LogP contribution in [0.4, 0.5) is 14.5 Å². The van der Waals surface area contributed by atoms with E-state index >= 15 is 0 Å². The molecule has 1 aliphatic rings. The summed E-state index contributed by atoms with van der Waals surface area (Å²) in [5.41, 5.74) is 8.41. The van der Waals surface area contributed by atoms with Gasteiger partial charge in [-0.05, 0) is 29.2 Å². The van der Waals surface area contributed by atoms with Gasteiger partial charge in [-0.3, -0.25) is 0 Å². The predicted molar refractivity (Wildman–Crippen MR) is 97.8 cm³/mol. The van der Waals surface area contributed by atoms with E-state index < -0.39 is 19.1 Å². The van der Waals surface area contributed by atoms with E-state index in [9.17, 15) is 18.8 Å². The Morgan fingerprint density at radius 2 is 1.93 bits per heavy atom. The van der Waals surface area contributed by atoms with Crippen molar-refractivity contribution in [1.82, 2.24) is 10.2 Å². The number of ether oxygens (including phenoxy) is 1. The fraction of sp³-hybridized carbons (Fsp3) is 0.222. The van der Waals surface area contributed by atoms with Crippen molar-refractivity contribution in [3.8, 4) is 16.9 Å². The molecule has 0 unspecified atom stereocenters. The van der Waals surface area contributed by atoms with Crippen LogP contribution in [0.3, 0.4) is 0 Å². The zero-order valence-corrected chi connectivity index (χ0v) is 14.1. The highest BCUT2D eigenvalue weighted by Gasteiger charge is 2.47. The van der Waals surface area contributed by atoms with Crippen LogP contribution in [0.5, 0.6) is 5.75 Å². The molecule has 1 heterocycles. The summed E-state index contributed by atoms with van der Waals surface area (Å²) in [6.07, 6.45) is 0.197. The maximum Gasteiger partial charge on any atom is 0.488 e. The largest absolute Gasteiger partial charge is 0.489 e. The van der Waals surface area contributed by atoms with Crippen LogP contribution in [0.25, 0.3) is 22.0 Å². The van der Waals surface area contributed by atoms with Crippen LogP contribution in [-0.4, -0.2) is 39.4 Å². The topological polar surface area (TPSA) is 101 Å². The molecule has 0 spiro atoms. The molecule has 6 nitrogen and oxygen atoms in total. The third kappa shape index (κ3) is 3.43. The number of nitrogens with two attached hydrogens (primary N) is 1. The molecule has 0 radical (unpaired) electrons. The Labute approximate surface area is 153 Å². The molecule has 0 saturated heterocycles. The summed E-state index contributed by atoms with van der Waals surface area (Å²) in [6, 6.07) is 9.89. The third-order valence-corrected chi connectivity index (χ3v) is 4.63. The van der Waals surface area contributed by atoms with Gasteiger partial charge in [0.1, 0.15) is 11.9 Å². The summed E-state index contributed by atoms with van der Waals surface area (Å²) in [4.78, 5) is 0. The first-order valence-corrected chi connectivity index (χ1v) is 8.38. The monoisotopic (exact) mass is 371 g/mol. The second-order valence-corrected chi connectivity index (χ2v) is 6.67. The molecule has 3 aromatic rings. The van der Waals surface area contributed by atoms with Gasteiger partial charge in [0.25, 0.3) is 5.92 Å². The normalized spacial score (nSPS) is 16.1. The standard InChI is InChI=1S/C18H16BF2N3O3/c20-18(21)7-12(8-18)27-17-4-2-11(19(25)26)6-14(17)10-1-3-13-15(22)9-23-24-16(13)5-10/h1-6,9,12,25-26H,7-8H2,(H2,22,24). The Hall–Kier alpha value is -2.78. The summed E-state index contributed by atoms with van der Waals surface area (Å²) in [7, 11) is -1.67. The molecule has 9 heteroatoms. The quantitative estimate of drug-likeness (QED) is 0.604. The zero-order valence-electron chi connectivity index (χ0n) is 14.1. The van der Waals surface area contributed by atoms with E-state index in [-0.39, 0.29) is 18.3 Å². The molecule has 0 bridgehead atoms. The molecule has 1 saturated carbocycles. The van der Waals surface area contributed by atoms with Gasteiger partial charge in [-0.1, -0.05) is 18.2 Å². The van der Waals surface area contributed by atoms with E-state index in [4.69, 9.17) is 10.5 Å². The predicted octanol–water partition coefficient (Wildman–Crippen LogP) is 1.74. The molecular weight excluding hydrogens is 355 g/mol. The molecular formula is C18H16BF2N3O3. The highest BCUT2D eigenvalue weighted by molar-refractivity contribution is 6.58. The van der Waals surface area contributed by atoms with E-state index in [1.165, 1.54) is 12.3 Å². The number of aromatic nitrogens is 2. The molecule has 4 rings (SSSR count). The first kappa shape index (κ1) is 17.6. The smallest absolute Gasteiger partial charge is 0.488 e. The van der Waals surface area contributed by atoms with Gasteiger partial charge in [0.2, 0.25) is 0 Å². The van der Waals surface area contributed by atoms with Crippen LogP contribution in [0, 0.1) is 0 Å². The van der Waals surface area contributed by atoms with Gasteiger partial charge < -0.3 is 20.5 Å². The van der Waals surface area contributed by atoms with E-state index in [1.54, 1.807) is 30.3 Å². The van der Waals surface area contributed by atoms with Crippen LogP contribution < -0.4 is 15.9 Å². The van der Waals surface area contributed by atoms with E-state index in [2.05, 4.69) is 10.2 Å². The number of hydrogen-bond donors (Lipinski definition) is 3. The molecule has 138 valence electrons. The number of halogens is 2. The zero-order chi connectivity index (χ0) is 19.2. The van der Waals surface area contributed by atoms with Gasteiger partial charge in [0.15, 0.2) is 0 Å². The van der Waals surface area contributed by atoms with Crippen molar-refractivity contribution in [2.24, 2.45) is 0 Å². The Balaban J connectivity index is 1.76. The molecule has 1 aliphatic carbocycles. The minimum Gasteiger partial charge on any atom is -0.489 e. The number of fused-ring (bicyclic) bond motifs is 1. The van der Waals surface area contributed by atoms with Gasteiger partial charge in [-0.25, -0.2) is 8.78 Å². The van der Waals surface area contributed by atoms with Crippen LogP contribution in [0.2, 0.25) is 0 Å². The van der Waals surface area contributed by atoms with Crippen molar-refractivity contribution in [2.75, 3.05) is 5.73 Å². The van der Waals surface area contributed by atoms with Crippen LogP contribution in [0.15, 0.2) is 42.6 Å². The fourth-order valence-electron chi connectivity index (χ4n) is 3.15. The number of hydrogen-bond acceptors (Lipinski definition) is 6. The lowest BCUT2D eigenvalue weighted by Gasteiger charge is -2.35. The number of benzene rings is 2. The summed E-state index contributed by atoms with van der Waals surface area (Å²) >= 11 is 0. The van der Waals surface area contributed by atoms with Crippen molar-refractivity contribution in [2.45, 2.75) is 24.9 Å². The Morgan fingerprint density at radius 3 is 2.63 bits per heavy atom. The van der Waals surface area contributed by atoms with Gasteiger partial charge in [-0.15, -0.1) is 0 Å². The molecule has 0 amide bonds. The average Bonchev–Trinajstić information content (AvgIpc) is 2.60. The fourth-order valence-corrected chi connectivity index (χ4v) is 3.15. The van der Waals surface area contributed by atoms with Gasteiger partial charge >= 0.3 is 7.12 Å². The van der Waals surface area contributed by atoms with Gasteiger partial charge in [0, 0.05) is 23.8 Å². The lowest BCUT2D eigenvalue weighted by molar-refractivity contribution is -0.134. The molecule has 0 aliphatic heterocycles. The number of anilines is 1. The second-order valence-electron chi connectivity index (χ2n) is 6.67. The van der Waals surface area contributed by atoms with E-state index in [0.29, 0.717) is 28.1 Å². The summed E-state index contributed by atoms with van der Waals surface area (Å²) in [5, 5.41) is 27.6.